The lowest BCUT2D eigenvalue weighted by Crippen LogP contribution is -2.42. The minimum Gasteiger partial charge on any atom is -0.464 e. The molecule has 0 saturated heterocycles. The number of esters is 1. The monoisotopic (exact) mass is 434 g/mol. The summed E-state index contributed by atoms with van der Waals surface area (Å²) >= 11 is 0. The zero-order valence-corrected chi connectivity index (χ0v) is 18.3. The zero-order valence-electron chi connectivity index (χ0n) is 18.3. The van der Waals surface area contributed by atoms with E-state index >= 15 is 0 Å². The third-order valence-electron chi connectivity index (χ3n) is 5.12. The molecule has 3 aromatic rings. The highest BCUT2D eigenvalue weighted by Gasteiger charge is 2.26. The molecule has 0 bridgehead atoms. The number of carbonyl (C=O) groups is 2. The van der Waals surface area contributed by atoms with Crippen LogP contribution in [0.2, 0.25) is 0 Å². The van der Waals surface area contributed by atoms with Crippen molar-refractivity contribution in [2.75, 3.05) is 6.61 Å². The summed E-state index contributed by atoms with van der Waals surface area (Å²) in [7, 11) is 0. The Hall–Kier alpha value is -3.74. The van der Waals surface area contributed by atoms with Gasteiger partial charge in [0, 0.05) is 23.3 Å². The Kier molecular flexibility index (Phi) is 7.20. The van der Waals surface area contributed by atoms with Crippen molar-refractivity contribution in [1.29, 1.82) is 0 Å². The molecule has 166 valence electrons. The molecule has 1 amide bonds. The number of benzene rings is 3. The number of carbonyl (C=O) groups excluding carboxylic acids is 2. The highest BCUT2D eigenvalue weighted by Crippen LogP contribution is 2.33. The van der Waals surface area contributed by atoms with Crippen LogP contribution in [0, 0.1) is 16.0 Å². The van der Waals surface area contributed by atoms with Crippen LogP contribution in [0.5, 0.6) is 0 Å². The Labute approximate surface area is 186 Å². The molecule has 0 radical (unpaired) electrons. The van der Waals surface area contributed by atoms with Crippen LogP contribution in [-0.4, -0.2) is 29.4 Å². The molecule has 3 rings (SSSR count). The Bertz CT molecular complexity index is 1150. The topological polar surface area (TPSA) is 98.5 Å². The fourth-order valence-electron chi connectivity index (χ4n) is 3.69. The van der Waals surface area contributed by atoms with E-state index in [0.29, 0.717) is 17.5 Å². The lowest BCUT2D eigenvalue weighted by molar-refractivity contribution is -0.384. The van der Waals surface area contributed by atoms with Crippen LogP contribution < -0.4 is 5.32 Å². The van der Waals surface area contributed by atoms with E-state index in [0.717, 1.165) is 10.8 Å². The van der Waals surface area contributed by atoms with Gasteiger partial charge in [-0.25, -0.2) is 4.79 Å². The van der Waals surface area contributed by atoms with Gasteiger partial charge in [0.1, 0.15) is 6.04 Å². The van der Waals surface area contributed by atoms with E-state index in [4.69, 9.17) is 4.74 Å². The molecule has 0 aliphatic carbocycles. The lowest BCUT2D eigenvalue weighted by Gasteiger charge is -2.20. The van der Waals surface area contributed by atoms with Crippen LogP contribution in [0.1, 0.15) is 37.6 Å². The molecule has 0 fully saturated rings. The first-order chi connectivity index (χ1) is 15.3. The second-order valence-corrected chi connectivity index (χ2v) is 7.92. The second-order valence-electron chi connectivity index (χ2n) is 7.92. The number of nitro benzene ring substituents is 1. The number of nitro groups is 1. The molecule has 7 nitrogen and oxygen atoms in total. The van der Waals surface area contributed by atoms with E-state index in [1.54, 1.807) is 6.92 Å². The minimum atomic E-state index is -0.807. The first kappa shape index (κ1) is 22.9. The number of rotatable bonds is 8. The molecule has 0 heterocycles. The molecule has 0 spiro atoms. The number of ether oxygens (including phenoxy) is 1. The minimum absolute atomic E-state index is 0.117. The van der Waals surface area contributed by atoms with Gasteiger partial charge >= 0.3 is 5.97 Å². The zero-order chi connectivity index (χ0) is 23.3. The van der Waals surface area contributed by atoms with E-state index in [1.165, 1.54) is 18.2 Å². The first-order valence-electron chi connectivity index (χ1n) is 10.6. The smallest absolute Gasteiger partial charge is 0.328 e. The number of hydrogen-bond donors (Lipinski definition) is 1. The molecule has 0 aliphatic heterocycles. The van der Waals surface area contributed by atoms with Gasteiger partial charge < -0.3 is 10.1 Å². The highest BCUT2D eigenvalue weighted by atomic mass is 16.6. The number of nitrogens with one attached hydrogen (secondary N) is 1. The molecule has 3 aromatic carbocycles. The highest BCUT2D eigenvalue weighted by molar-refractivity contribution is 6.07. The summed E-state index contributed by atoms with van der Waals surface area (Å²) in [5, 5.41) is 16.0. The van der Waals surface area contributed by atoms with Gasteiger partial charge in [-0.15, -0.1) is 0 Å². The number of fused-ring (bicyclic) bond motifs is 1. The summed E-state index contributed by atoms with van der Waals surface area (Å²) in [6.07, 6.45) is 0.418. The van der Waals surface area contributed by atoms with Crippen LogP contribution in [0.3, 0.4) is 0 Å². The summed E-state index contributed by atoms with van der Waals surface area (Å²) in [6, 6.07) is 16.6. The van der Waals surface area contributed by atoms with Crippen molar-refractivity contribution in [2.24, 2.45) is 5.92 Å². The fraction of sp³-hybridized carbons (Fsp3) is 0.280. The van der Waals surface area contributed by atoms with Crippen molar-refractivity contribution in [3.05, 3.63) is 76.3 Å². The molecule has 7 heteroatoms. The number of amides is 1. The van der Waals surface area contributed by atoms with Crippen molar-refractivity contribution >= 4 is 28.3 Å². The Morgan fingerprint density at radius 3 is 2.44 bits per heavy atom. The van der Waals surface area contributed by atoms with Crippen LogP contribution >= 0.6 is 0 Å². The predicted molar refractivity (Wildman–Crippen MR) is 123 cm³/mol. The average molecular weight is 434 g/mol. The third-order valence-corrected chi connectivity index (χ3v) is 5.12. The summed E-state index contributed by atoms with van der Waals surface area (Å²) < 4.78 is 5.12. The number of nitrogens with zero attached hydrogens (tertiary/aromatic N) is 1. The van der Waals surface area contributed by atoms with Crippen LogP contribution in [0.25, 0.3) is 21.9 Å². The van der Waals surface area contributed by atoms with Gasteiger partial charge in [-0.1, -0.05) is 56.3 Å². The average Bonchev–Trinajstić information content (AvgIpc) is 2.77. The van der Waals surface area contributed by atoms with Crippen molar-refractivity contribution in [1.82, 2.24) is 5.32 Å². The summed E-state index contributed by atoms with van der Waals surface area (Å²) in [5.74, 6) is -0.830. The summed E-state index contributed by atoms with van der Waals surface area (Å²) in [5.41, 5.74) is 1.27. The molecule has 0 aromatic heterocycles. The van der Waals surface area contributed by atoms with Gasteiger partial charge in [-0.3, -0.25) is 14.9 Å². The maximum absolute atomic E-state index is 13.3. The van der Waals surface area contributed by atoms with Gasteiger partial charge in [0.05, 0.1) is 11.5 Å². The number of hydrogen-bond acceptors (Lipinski definition) is 5. The SMILES string of the molecule is CCOC(=O)[C@H](CC(C)C)NC(=O)c1ccc([N+](=O)[O-])cc1-c1cccc2ccccc12. The van der Waals surface area contributed by atoms with Gasteiger partial charge in [0.25, 0.3) is 11.6 Å². The molecular formula is C25H26N2O5. The van der Waals surface area contributed by atoms with Crippen molar-refractivity contribution < 1.29 is 19.2 Å². The van der Waals surface area contributed by atoms with Crippen LogP contribution in [0.15, 0.2) is 60.7 Å². The van der Waals surface area contributed by atoms with Gasteiger partial charge in [-0.2, -0.15) is 0 Å². The second kappa shape index (κ2) is 10.0. The third kappa shape index (κ3) is 5.11. The molecule has 32 heavy (non-hydrogen) atoms. The van der Waals surface area contributed by atoms with E-state index < -0.39 is 22.8 Å². The van der Waals surface area contributed by atoms with E-state index in [1.807, 2.05) is 56.3 Å². The normalized spacial score (nSPS) is 11.9. The first-order valence-corrected chi connectivity index (χ1v) is 10.6. The van der Waals surface area contributed by atoms with Crippen molar-refractivity contribution in [2.45, 2.75) is 33.2 Å². The van der Waals surface area contributed by atoms with Crippen molar-refractivity contribution in [3.63, 3.8) is 0 Å². The molecule has 0 saturated carbocycles. The largest absolute Gasteiger partial charge is 0.464 e. The van der Waals surface area contributed by atoms with Gasteiger partial charge in [0.15, 0.2) is 0 Å². The summed E-state index contributed by atoms with van der Waals surface area (Å²) in [4.78, 5) is 36.6. The number of non-ortho nitro benzene ring substituents is 1. The van der Waals surface area contributed by atoms with Crippen LogP contribution in [-0.2, 0) is 9.53 Å². The standard InChI is InChI=1S/C25H26N2O5/c1-4-32-25(29)23(14-16(2)3)26-24(28)21-13-12-18(27(30)31)15-22(21)20-11-7-9-17-8-5-6-10-19(17)20/h5-13,15-16,23H,4,14H2,1-3H3,(H,26,28)/t23-/m0/s1. The maximum Gasteiger partial charge on any atom is 0.328 e. The molecular weight excluding hydrogens is 408 g/mol. The predicted octanol–water partition coefficient (Wildman–Crippen LogP) is 5.12. The summed E-state index contributed by atoms with van der Waals surface area (Å²) in [6.45, 7) is 5.82. The van der Waals surface area contributed by atoms with Crippen molar-refractivity contribution in [3.8, 4) is 11.1 Å². The Balaban J connectivity index is 2.09. The molecule has 1 atom stereocenters. The van der Waals surface area contributed by atoms with Gasteiger partial charge in [-0.05, 0) is 41.7 Å². The molecule has 0 unspecified atom stereocenters. The van der Waals surface area contributed by atoms with E-state index in [-0.39, 0.29) is 23.8 Å². The molecule has 0 aliphatic rings. The van der Waals surface area contributed by atoms with Crippen LogP contribution in [0.4, 0.5) is 5.69 Å². The Morgan fingerprint density at radius 2 is 1.75 bits per heavy atom. The van der Waals surface area contributed by atoms with E-state index in [9.17, 15) is 19.7 Å². The fourth-order valence-corrected chi connectivity index (χ4v) is 3.69. The quantitative estimate of drug-likeness (QED) is 0.301. The van der Waals surface area contributed by atoms with E-state index in [2.05, 4.69) is 5.32 Å². The lowest BCUT2D eigenvalue weighted by atomic mass is 9.93. The molecule has 1 N–H and O–H groups in total. The Morgan fingerprint density at radius 1 is 1.03 bits per heavy atom. The maximum atomic E-state index is 13.3. The van der Waals surface area contributed by atoms with Gasteiger partial charge in [0.2, 0.25) is 0 Å².